The molecule has 0 saturated carbocycles. The van der Waals surface area contributed by atoms with Gasteiger partial charge in [0.2, 0.25) is 0 Å². The lowest BCUT2D eigenvalue weighted by molar-refractivity contribution is 0.0299. The van der Waals surface area contributed by atoms with E-state index in [0.29, 0.717) is 38.0 Å². The standard InChI is InChI=1S/C12H19N5O2/c18-12(16-4-6-19-7-5-16)11-9-17(15-14-11)10-2-1-3-13-8-10/h9-10,13H,1-8H2/t10-/m1/s1. The van der Waals surface area contributed by atoms with E-state index in [2.05, 4.69) is 15.6 Å². The van der Waals surface area contributed by atoms with Crippen LogP contribution in [0.1, 0.15) is 29.4 Å². The topological polar surface area (TPSA) is 72.3 Å². The quantitative estimate of drug-likeness (QED) is 0.793. The number of hydrogen-bond acceptors (Lipinski definition) is 5. The van der Waals surface area contributed by atoms with Gasteiger partial charge in [-0.3, -0.25) is 4.79 Å². The van der Waals surface area contributed by atoms with Gasteiger partial charge in [-0.1, -0.05) is 5.21 Å². The van der Waals surface area contributed by atoms with Gasteiger partial charge in [0.05, 0.1) is 25.5 Å². The van der Waals surface area contributed by atoms with E-state index in [1.807, 2.05) is 4.68 Å². The summed E-state index contributed by atoms with van der Waals surface area (Å²) in [6.45, 7) is 4.44. The minimum absolute atomic E-state index is 0.0432. The number of hydrogen-bond donors (Lipinski definition) is 1. The van der Waals surface area contributed by atoms with E-state index in [1.54, 1.807) is 11.1 Å². The maximum Gasteiger partial charge on any atom is 0.276 e. The van der Waals surface area contributed by atoms with Crippen LogP contribution < -0.4 is 5.32 Å². The molecule has 0 radical (unpaired) electrons. The number of carbonyl (C=O) groups excluding carboxylic acids is 1. The minimum atomic E-state index is -0.0432. The van der Waals surface area contributed by atoms with E-state index in [4.69, 9.17) is 4.74 Å². The molecule has 3 rings (SSSR count). The Balaban J connectivity index is 1.67. The van der Waals surface area contributed by atoms with Crippen LogP contribution in [0, 0.1) is 0 Å². The fourth-order valence-electron chi connectivity index (χ4n) is 2.54. The molecule has 1 aromatic heterocycles. The molecule has 2 aliphatic rings. The van der Waals surface area contributed by atoms with Crippen molar-refractivity contribution in [3.05, 3.63) is 11.9 Å². The molecule has 2 fully saturated rings. The molecule has 1 amide bonds. The van der Waals surface area contributed by atoms with Crippen molar-refractivity contribution >= 4 is 5.91 Å². The van der Waals surface area contributed by atoms with Crippen LogP contribution in [0.25, 0.3) is 0 Å². The van der Waals surface area contributed by atoms with Crippen LogP contribution in [0.2, 0.25) is 0 Å². The van der Waals surface area contributed by atoms with Gasteiger partial charge in [-0.05, 0) is 19.4 Å². The Hall–Kier alpha value is -1.47. The summed E-state index contributed by atoms with van der Waals surface area (Å²) in [4.78, 5) is 14.0. The van der Waals surface area contributed by atoms with Crippen LogP contribution in [-0.4, -0.2) is 65.2 Å². The average Bonchev–Trinajstić information content (AvgIpc) is 2.98. The lowest BCUT2D eigenvalue weighted by atomic mass is 10.1. The Morgan fingerprint density at radius 3 is 3.00 bits per heavy atom. The van der Waals surface area contributed by atoms with Crippen molar-refractivity contribution in [1.29, 1.82) is 0 Å². The Morgan fingerprint density at radius 2 is 2.26 bits per heavy atom. The van der Waals surface area contributed by atoms with Crippen molar-refractivity contribution in [2.45, 2.75) is 18.9 Å². The first-order valence-electron chi connectivity index (χ1n) is 6.84. The number of nitrogens with zero attached hydrogens (tertiary/aromatic N) is 4. The number of rotatable bonds is 2. The first-order valence-corrected chi connectivity index (χ1v) is 6.84. The molecule has 1 aromatic rings. The van der Waals surface area contributed by atoms with Crippen molar-refractivity contribution in [1.82, 2.24) is 25.2 Å². The van der Waals surface area contributed by atoms with Crippen LogP contribution >= 0.6 is 0 Å². The van der Waals surface area contributed by atoms with E-state index in [-0.39, 0.29) is 5.91 Å². The molecule has 19 heavy (non-hydrogen) atoms. The maximum atomic E-state index is 12.2. The Bertz CT molecular complexity index is 435. The molecule has 2 aliphatic heterocycles. The van der Waals surface area contributed by atoms with E-state index in [0.717, 1.165) is 25.9 Å². The number of ether oxygens (including phenoxy) is 1. The van der Waals surface area contributed by atoms with Crippen molar-refractivity contribution in [2.24, 2.45) is 0 Å². The van der Waals surface area contributed by atoms with E-state index in [9.17, 15) is 4.79 Å². The normalized spacial score (nSPS) is 24.4. The third-order valence-electron chi connectivity index (χ3n) is 3.67. The predicted molar refractivity (Wildman–Crippen MR) is 67.9 cm³/mol. The molecular weight excluding hydrogens is 246 g/mol. The lowest BCUT2D eigenvalue weighted by Gasteiger charge is -2.25. The number of nitrogens with one attached hydrogen (secondary N) is 1. The van der Waals surface area contributed by atoms with Crippen LogP contribution in [0.15, 0.2) is 6.20 Å². The molecule has 0 unspecified atom stereocenters. The van der Waals surface area contributed by atoms with Crippen molar-refractivity contribution < 1.29 is 9.53 Å². The lowest BCUT2D eigenvalue weighted by Crippen LogP contribution is -2.40. The van der Waals surface area contributed by atoms with Gasteiger partial charge >= 0.3 is 0 Å². The van der Waals surface area contributed by atoms with E-state index >= 15 is 0 Å². The summed E-state index contributed by atoms with van der Waals surface area (Å²) in [7, 11) is 0. The first kappa shape index (κ1) is 12.6. The molecule has 0 aliphatic carbocycles. The molecule has 1 N–H and O–H groups in total. The van der Waals surface area contributed by atoms with Crippen LogP contribution in [-0.2, 0) is 4.74 Å². The fraction of sp³-hybridized carbons (Fsp3) is 0.750. The largest absolute Gasteiger partial charge is 0.378 e. The van der Waals surface area contributed by atoms with Gasteiger partial charge in [0.25, 0.3) is 5.91 Å². The average molecular weight is 265 g/mol. The molecule has 7 nitrogen and oxygen atoms in total. The number of amides is 1. The highest BCUT2D eigenvalue weighted by Crippen LogP contribution is 2.15. The van der Waals surface area contributed by atoms with Crippen LogP contribution in [0.4, 0.5) is 0 Å². The zero-order valence-electron chi connectivity index (χ0n) is 10.9. The molecular formula is C12H19N5O2. The van der Waals surface area contributed by atoms with Gasteiger partial charge in [-0.25, -0.2) is 4.68 Å². The van der Waals surface area contributed by atoms with Gasteiger partial charge < -0.3 is 15.0 Å². The SMILES string of the molecule is O=C(c1cn([C@@H]2CCCNC2)nn1)N1CCOCC1. The number of morpholine rings is 1. The third kappa shape index (κ3) is 2.76. The second-order valence-corrected chi connectivity index (χ2v) is 4.99. The van der Waals surface area contributed by atoms with Crippen molar-refractivity contribution in [3.63, 3.8) is 0 Å². The second kappa shape index (κ2) is 5.66. The van der Waals surface area contributed by atoms with Gasteiger partial charge in [0.15, 0.2) is 5.69 Å². The fourth-order valence-corrected chi connectivity index (χ4v) is 2.54. The van der Waals surface area contributed by atoms with Crippen LogP contribution in [0.5, 0.6) is 0 Å². The predicted octanol–water partition coefficient (Wildman–Crippen LogP) is -0.325. The number of aromatic nitrogens is 3. The summed E-state index contributed by atoms with van der Waals surface area (Å²) in [6, 6.07) is 0.312. The van der Waals surface area contributed by atoms with Gasteiger partial charge in [-0.15, -0.1) is 5.10 Å². The summed E-state index contributed by atoms with van der Waals surface area (Å²) in [6.07, 6.45) is 3.99. The van der Waals surface area contributed by atoms with Gasteiger partial charge in [-0.2, -0.15) is 0 Å². The molecule has 0 spiro atoms. The highest BCUT2D eigenvalue weighted by molar-refractivity contribution is 5.92. The van der Waals surface area contributed by atoms with Crippen molar-refractivity contribution in [2.75, 3.05) is 39.4 Å². The monoisotopic (exact) mass is 265 g/mol. The maximum absolute atomic E-state index is 12.2. The summed E-state index contributed by atoms with van der Waals surface area (Å²) in [5.74, 6) is -0.0432. The van der Waals surface area contributed by atoms with E-state index < -0.39 is 0 Å². The summed E-state index contributed by atoms with van der Waals surface area (Å²) in [5.41, 5.74) is 0.437. The molecule has 0 aromatic carbocycles. The molecule has 1 atom stereocenters. The zero-order chi connectivity index (χ0) is 13.1. The smallest absolute Gasteiger partial charge is 0.276 e. The Kier molecular flexibility index (Phi) is 3.74. The highest BCUT2D eigenvalue weighted by atomic mass is 16.5. The Morgan fingerprint density at radius 1 is 1.42 bits per heavy atom. The summed E-state index contributed by atoms with van der Waals surface area (Å²) < 4.78 is 7.06. The van der Waals surface area contributed by atoms with E-state index in [1.165, 1.54) is 0 Å². The first-order chi connectivity index (χ1) is 9.34. The third-order valence-corrected chi connectivity index (χ3v) is 3.67. The van der Waals surface area contributed by atoms with Crippen molar-refractivity contribution in [3.8, 4) is 0 Å². The molecule has 7 heteroatoms. The summed E-state index contributed by atoms with van der Waals surface area (Å²) >= 11 is 0. The number of piperidine rings is 1. The minimum Gasteiger partial charge on any atom is -0.378 e. The number of carbonyl (C=O) groups is 1. The molecule has 2 saturated heterocycles. The summed E-state index contributed by atoms with van der Waals surface area (Å²) in [5, 5.41) is 11.5. The molecule has 3 heterocycles. The van der Waals surface area contributed by atoms with Crippen LogP contribution in [0.3, 0.4) is 0 Å². The zero-order valence-corrected chi connectivity index (χ0v) is 10.9. The second-order valence-electron chi connectivity index (χ2n) is 4.99. The highest BCUT2D eigenvalue weighted by Gasteiger charge is 2.23. The van der Waals surface area contributed by atoms with Gasteiger partial charge in [0, 0.05) is 19.6 Å². The molecule has 0 bridgehead atoms. The molecule has 104 valence electrons. The Labute approximate surface area is 111 Å². The van der Waals surface area contributed by atoms with Gasteiger partial charge in [0.1, 0.15) is 0 Å².